The third kappa shape index (κ3) is 2.68. The third-order valence-corrected chi connectivity index (χ3v) is 4.19. The molecule has 1 N–H and O–H groups in total. The molecule has 0 atom stereocenters. The molecule has 0 unspecified atom stereocenters. The van der Waals surface area contributed by atoms with Crippen molar-refractivity contribution in [1.29, 1.82) is 0 Å². The molecule has 1 aromatic heterocycles. The van der Waals surface area contributed by atoms with Crippen molar-refractivity contribution < 1.29 is 0 Å². The average Bonchev–Trinajstić information content (AvgIpc) is 2.81. The molecule has 21 heavy (non-hydrogen) atoms. The van der Waals surface area contributed by atoms with E-state index < -0.39 is 0 Å². The second kappa shape index (κ2) is 4.88. The first-order valence-corrected chi connectivity index (χ1v) is 7.49. The van der Waals surface area contributed by atoms with Crippen molar-refractivity contribution in [3.8, 4) is 11.4 Å². The van der Waals surface area contributed by atoms with Crippen molar-refractivity contribution in [2.45, 2.75) is 33.1 Å². The quantitative estimate of drug-likeness (QED) is 0.632. The Labute approximate surface area is 130 Å². The van der Waals surface area contributed by atoms with Crippen LogP contribution < -0.4 is 0 Å². The largest absolute Gasteiger partial charge is 0.338 e. The number of imidazole rings is 1. The molecule has 0 bridgehead atoms. The highest BCUT2D eigenvalue weighted by Gasteiger charge is 2.14. The normalized spacial score (nSPS) is 12.0. The molecule has 108 valence electrons. The Morgan fingerprint density at radius 1 is 1.05 bits per heavy atom. The molecular weight excluding hydrogens is 280 g/mol. The molecule has 1 heterocycles. The molecule has 0 fully saturated rings. The van der Waals surface area contributed by atoms with Crippen LogP contribution in [0.5, 0.6) is 0 Å². The van der Waals surface area contributed by atoms with Crippen LogP contribution >= 0.6 is 11.6 Å². The number of H-pyrrole nitrogens is 1. The summed E-state index contributed by atoms with van der Waals surface area (Å²) in [7, 11) is 0. The topological polar surface area (TPSA) is 28.7 Å². The standard InChI is InChI=1S/C18H19ClN2/c1-11-9-15-16(10-14(11)19)21-17(20-15)12-5-7-13(8-6-12)18(2,3)4/h5-10H,1-4H3,(H,20,21). The number of aromatic nitrogens is 2. The fraction of sp³-hybridized carbons (Fsp3) is 0.278. The molecule has 2 nitrogen and oxygen atoms in total. The molecule has 0 radical (unpaired) electrons. The van der Waals surface area contributed by atoms with Crippen molar-refractivity contribution in [3.05, 3.63) is 52.5 Å². The highest BCUT2D eigenvalue weighted by Crippen LogP contribution is 2.28. The summed E-state index contributed by atoms with van der Waals surface area (Å²) in [6.45, 7) is 8.65. The number of benzene rings is 2. The Hall–Kier alpha value is -1.80. The maximum absolute atomic E-state index is 6.16. The maximum atomic E-state index is 6.16. The minimum Gasteiger partial charge on any atom is -0.338 e. The molecular formula is C18H19ClN2. The van der Waals surface area contributed by atoms with Crippen LogP contribution in [0.2, 0.25) is 5.02 Å². The smallest absolute Gasteiger partial charge is 0.138 e. The summed E-state index contributed by atoms with van der Waals surface area (Å²) < 4.78 is 0. The van der Waals surface area contributed by atoms with E-state index in [0.717, 1.165) is 33.0 Å². The van der Waals surface area contributed by atoms with E-state index >= 15 is 0 Å². The second-order valence-electron chi connectivity index (χ2n) is 6.53. The van der Waals surface area contributed by atoms with E-state index in [1.807, 2.05) is 19.1 Å². The van der Waals surface area contributed by atoms with Gasteiger partial charge in [0, 0.05) is 10.6 Å². The lowest BCUT2D eigenvalue weighted by atomic mass is 9.87. The first kappa shape index (κ1) is 14.2. The van der Waals surface area contributed by atoms with Crippen LogP contribution in [0.3, 0.4) is 0 Å². The summed E-state index contributed by atoms with van der Waals surface area (Å²) in [5, 5.41) is 0.753. The number of hydrogen-bond donors (Lipinski definition) is 1. The molecule has 3 rings (SSSR count). The average molecular weight is 299 g/mol. The highest BCUT2D eigenvalue weighted by atomic mass is 35.5. The van der Waals surface area contributed by atoms with E-state index in [1.165, 1.54) is 5.56 Å². The van der Waals surface area contributed by atoms with Crippen LogP contribution in [0, 0.1) is 6.92 Å². The van der Waals surface area contributed by atoms with Gasteiger partial charge in [-0.05, 0) is 35.6 Å². The number of halogens is 1. The van der Waals surface area contributed by atoms with Crippen molar-refractivity contribution in [3.63, 3.8) is 0 Å². The zero-order valence-corrected chi connectivity index (χ0v) is 13.5. The van der Waals surface area contributed by atoms with E-state index in [1.54, 1.807) is 0 Å². The highest BCUT2D eigenvalue weighted by molar-refractivity contribution is 6.32. The molecule has 0 amide bonds. The van der Waals surface area contributed by atoms with Crippen molar-refractivity contribution >= 4 is 22.6 Å². The Morgan fingerprint density at radius 3 is 2.33 bits per heavy atom. The van der Waals surface area contributed by atoms with Gasteiger partial charge < -0.3 is 4.98 Å². The zero-order valence-electron chi connectivity index (χ0n) is 12.8. The summed E-state index contributed by atoms with van der Waals surface area (Å²) in [4.78, 5) is 8.01. The number of aromatic amines is 1. The van der Waals surface area contributed by atoms with E-state index in [2.05, 4.69) is 55.0 Å². The monoisotopic (exact) mass is 298 g/mol. The van der Waals surface area contributed by atoms with Crippen molar-refractivity contribution in [2.75, 3.05) is 0 Å². The lowest BCUT2D eigenvalue weighted by Gasteiger charge is -2.18. The van der Waals surface area contributed by atoms with Gasteiger partial charge in [0.05, 0.1) is 11.0 Å². The first-order chi connectivity index (χ1) is 9.84. The van der Waals surface area contributed by atoms with E-state index in [9.17, 15) is 0 Å². The second-order valence-corrected chi connectivity index (χ2v) is 6.94. The number of rotatable bonds is 1. The Bertz CT molecular complexity index is 753. The number of aryl methyl sites for hydroxylation is 1. The Morgan fingerprint density at radius 2 is 1.71 bits per heavy atom. The van der Waals surface area contributed by atoms with Crippen LogP contribution in [-0.4, -0.2) is 9.97 Å². The van der Waals surface area contributed by atoms with Crippen LogP contribution in [0.15, 0.2) is 36.4 Å². The number of nitrogens with zero attached hydrogens (tertiary/aromatic N) is 1. The molecule has 0 aliphatic carbocycles. The van der Waals surface area contributed by atoms with Gasteiger partial charge in [0.25, 0.3) is 0 Å². The van der Waals surface area contributed by atoms with E-state index in [0.29, 0.717) is 0 Å². The first-order valence-electron chi connectivity index (χ1n) is 7.11. The fourth-order valence-electron chi connectivity index (χ4n) is 2.40. The van der Waals surface area contributed by atoms with Gasteiger partial charge in [0.2, 0.25) is 0 Å². The lowest BCUT2D eigenvalue weighted by Crippen LogP contribution is -2.10. The van der Waals surface area contributed by atoms with E-state index in [-0.39, 0.29) is 5.41 Å². The summed E-state index contributed by atoms with van der Waals surface area (Å²) >= 11 is 6.16. The molecule has 0 spiro atoms. The molecule has 2 aromatic carbocycles. The van der Waals surface area contributed by atoms with Gasteiger partial charge >= 0.3 is 0 Å². The Kier molecular flexibility index (Phi) is 3.29. The number of nitrogens with one attached hydrogen (secondary N) is 1. The number of fused-ring (bicyclic) bond motifs is 1. The predicted molar refractivity (Wildman–Crippen MR) is 90.0 cm³/mol. The summed E-state index contributed by atoms with van der Waals surface area (Å²) in [6.07, 6.45) is 0. The molecule has 0 saturated heterocycles. The number of hydrogen-bond acceptors (Lipinski definition) is 1. The van der Waals surface area contributed by atoms with Crippen LogP contribution in [0.25, 0.3) is 22.4 Å². The molecule has 0 aliphatic rings. The van der Waals surface area contributed by atoms with Gasteiger partial charge in [-0.15, -0.1) is 0 Å². The van der Waals surface area contributed by atoms with Gasteiger partial charge in [0.15, 0.2) is 0 Å². The van der Waals surface area contributed by atoms with Gasteiger partial charge in [-0.1, -0.05) is 56.6 Å². The molecule has 3 aromatic rings. The van der Waals surface area contributed by atoms with Gasteiger partial charge in [-0.25, -0.2) is 4.98 Å². The summed E-state index contributed by atoms with van der Waals surface area (Å²) in [5.41, 5.74) is 5.56. The third-order valence-electron chi connectivity index (χ3n) is 3.79. The SMILES string of the molecule is Cc1cc2[nH]c(-c3ccc(C(C)(C)C)cc3)nc2cc1Cl. The van der Waals surface area contributed by atoms with Crippen molar-refractivity contribution in [1.82, 2.24) is 9.97 Å². The fourth-order valence-corrected chi connectivity index (χ4v) is 2.56. The van der Waals surface area contributed by atoms with Crippen molar-refractivity contribution in [2.24, 2.45) is 0 Å². The van der Waals surface area contributed by atoms with Gasteiger partial charge in [-0.3, -0.25) is 0 Å². The van der Waals surface area contributed by atoms with Crippen LogP contribution in [0.1, 0.15) is 31.9 Å². The van der Waals surface area contributed by atoms with Gasteiger partial charge in [-0.2, -0.15) is 0 Å². The van der Waals surface area contributed by atoms with Crippen LogP contribution in [-0.2, 0) is 5.41 Å². The maximum Gasteiger partial charge on any atom is 0.138 e. The zero-order chi connectivity index (χ0) is 15.2. The van der Waals surface area contributed by atoms with E-state index in [4.69, 9.17) is 11.6 Å². The molecule has 3 heteroatoms. The Balaban J connectivity index is 2.04. The summed E-state index contributed by atoms with van der Waals surface area (Å²) in [6, 6.07) is 12.5. The molecule has 0 saturated carbocycles. The van der Waals surface area contributed by atoms with Crippen LogP contribution in [0.4, 0.5) is 0 Å². The predicted octanol–water partition coefficient (Wildman–Crippen LogP) is 5.49. The minimum absolute atomic E-state index is 0.164. The molecule has 0 aliphatic heterocycles. The lowest BCUT2D eigenvalue weighted by molar-refractivity contribution is 0.590. The van der Waals surface area contributed by atoms with Gasteiger partial charge in [0.1, 0.15) is 5.82 Å². The minimum atomic E-state index is 0.164. The summed E-state index contributed by atoms with van der Waals surface area (Å²) in [5.74, 6) is 0.882.